The van der Waals surface area contributed by atoms with Gasteiger partial charge in [0.15, 0.2) is 10.3 Å². The lowest BCUT2D eigenvalue weighted by Gasteiger charge is -2.08. The number of amides is 1. The van der Waals surface area contributed by atoms with Crippen molar-refractivity contribution in [3.8, 4) is 0 Å². The predicted molar refractivity (Wildman–Crippen MR) is 60.3 cm³/mol. The number of aromatic nitrogens is 2. The third-order valence-corrected chi connectivity index (χ3v) is 2.01. The minimum Gasteiger partial charge on any atom is -0.273 e. The van der Waals surface area contributed by atoms with Crippen LogP contribution in [0.2, 0.25) is 10.3 Å². The number of carbonyl (C=O) groups is 1. The molecule has 0 saturated carbocycles. The van der Waals surface area contributed by atoms with Crippen molar-refractivity contribution in [1.29, 1.82) is 0 Å². The van der Waals surface area contributed by atoms with Crippen LogP contribution in [0.4, 0.5) is 0 Å². The minimum absolute atomic E-state index is 0.0185. The van der Waals surface area contributed by atoms with E-state index in [1.54, 1.807) is 0 Å². The molecule has 1 amide bonds. The maximum absolute atomic E-state index is 11.6. The van der Waals surface area contributed by atoms with Gasteiger partial charge in [-0.1, -0.05) is 37.0 Å². The van der Waals surface area contributed by atoms with Gasteiger partial charge in [0, 0.05) is 0 Å². The lowest BCUT2D eigenvalue weighted by Crippen LogP contribution is -2.26. The molecule has 88 valence electrons. The van der Waals surface area contributed by atoms with Gasteiger partial charge >= 0.3 is 0 Å². The maximum Gasteiger partial charge on any atom is 0.278 e. The van der Waals surface area contributed by atoms with Crippen molar-refractivity contribution in [2.24, 2.45) is 5.92 Å². The van der Waals surface area contributed by atoms with Crippen LogP contribution in [-0.2, 0) is 4.84 Å². The van der Waals surface area contributed by atoms with E-state index < -0.39 is 5.91 Å². The SMILES string of the molecule is CC(C)CONC(=O)c1cc(Cl)nnc1Cl. The van der Waals surface area contributed by atoms with Crippen molar-refractivity contribution in [2.45, 2.75) is 13.8 Å². The Morgan fingerprint density at radius 2 is 2.19 bits per heavy atom. The van der Waals surface area contributed by atoms with Gasteiger partial charge in [0.1, 0.15) is 0 Å². The summed E-state index contributed by atoms with van der Waals surface area (Å²) in [6.45, 7) is 4.34. The number of halogens is 2. The highest BCUT2D eigenvalue weighted by Gasteiger charge is 2.13. The molecule has 0 aliphatic carbocycles. The van der Waals surface area contributed by atoms with E-state index in [4.69, 9.17) is 28.0 Å². The van der Waals surface area contributed by atoms with E-state index in [1.807, 2.05) is 13.8 Å². The van der Waals surface area contributed by atoms with Crippen molar-refractivity contribution < 1.29 is 9.63 Å². The van der Waals surface area contributed by atoms with Gasteiger partial charge in [-0.15, -0.1) is 10.2 Å². The van der Waals surface area contributed by atoms with E-state index in [0.717, 1.165) is 0 Å². The van der Waals surface area contributed by atoms with Gasteiger partial charge in [-0.25, -0.2) is 5.48 Å². The molecule has 0 aliphatic rings. The monoisotopic (exact) mass is 263 g/mol. The Bertz CT molecular complexity index is 385. The van der Waals surface area contributed by atoms with Crippen molar-refractivity contribution in [2.75, 3.05) is 6.61 Å². The normalized spacial score (nSPS) is 10.6. The van der Waals surface area contributed by atoms with E-state index in [9.17, 15) is 4.79 Å². The van der Waals surface area contributed by atoms with Gasteiger partial charge in [-0.3, -0.25) is 9.63 Å². The van der Waals surface area contributed by atoms with Crippen molar-refractivity contribution in [3.63, 3.8) is 0 Å². The van der Waals surface area contributed by atoms with Gasteiger partial charge in [0.25, 0.3) is 5.91 Å². The quantitative estimate of drug-likeness (QED) is 0.846. The summed E-state index contributed by atoms with van der Waals surface area (Å²) in [6, 6.07) is 1.32. The summed E-state index contributed by atoms with van der Waals surface area (Å²) in [4.78, 5) is 16.5. The third kappa shape index (κ3) is 3.92. The number of hydrogen-bond donors (Lipinski definition) is 1. The molecular weight excluding hydrogens is 253 g/mol. The predicted octanol–water partition coefficient (Wildman–Crippen LogP) is 2.10. The molecule has 1 rings (SSSR count). The largest absolute Gasteiger partial charge is 0.278 e. The van der Waals surface area contributed by atoms with Crippen molar-refractivity contribution >= 4 is 29.1 Å². The van der Waals surface area contributed by atoms with Crippen molar-refractivity contribution in [3.05, 3.63) is 21.9 Å². The molecule has 1 aromatic rings. The zero-order valence-corrected chi connectivity index (χ0v) is 10.3. The molecule has 5 nitrogen and oxygen atoms in total. The highest BCUT2D eigenvalue weighted by atomic mass is 35.5. The fourth-order valence-electron chi connectivity index (χ4n) is 0.841. The molecule has 0 saturated heterocycles. The number of nitrogens with one attached hydrogen (secondary N) is 1. The first-order valence-electron chi connectivity index (χ1n) is 4.61. The molecule has 0 radical (unpaired) electrons. The molecule has 0 aromatic carbocycles. The van der Waals surface area contributed by atoms with E-state index in [0.29, 0.717) is 12.5 Å². The second-order valence-corrected chi connectivity index (χ2v) is 4.25. The Hall–Kier alpha value is -0.910. The topological polar surface area (TPSA) is 64.1 Å². The van der Waals surface area contributed by atoms with Crippen LogP contribution in [0.25, 0.3) is 0 Å². The number of nitrogens with zero attached hydrogens (tertiary/aromatic N) is 2. The van der Waals surface area contributed by atoms with Crippen LogP contribution < -0.4 is 5.48 Å². The first-order chi connectivity index (χ1) is 7.50. The molecule has 1 aromatic heterocycles. The summed E-state index contributed by atoms with van der Waals surface area (Å²) in [5, 5.41) is 7.08. The van der Waals surface area contributed by atoms with Crippen LogP contribution in [0.15, 0.2) is 6.07 Å². The highest BCUT2D eigenvalue weighted by Crippen LogP contribution is 2.14. The summed E-state index contributed by atoms with van der Waals surface area (Å²) in [6.07, 6.45) is 0. The summed E-state index contributed by atoms with van der Waals surface area (Å²) in [5.41, 5.74) is 2.38. The Morgan fingerprint density at radius 1 is 1.50 bits per heavy atom. The maximum atomic E-state index is 11.6. The second kappa shape index (κ2) is 5.98. The van der Waals surface area contributed by atoms with Gasteiger partial charge in [-0.2, -0.15) is 0 Å². The Balaban J connectivity index is 2.62. The molecule has 1 heterocycles. The van der Waals surface area contributed by atoms with E-state index in [2.05, 4.69) is 15.7 Å². The van der Waals surface area contributed by atoms with Crippen LogP contribution in [-0.4, -0.2) is 22.7 Å². The number of hydroxylamine groups is 1. The average Bonchev–Trinajstić information content (AvgIpc) is 2.21. The summed E-state index contributed by atoms with van der Waals surface area (Å²) in [5.74, 6) is -0.183. The lowest BCUT2D eigenvalue weighted by atomic mass is 10.2. The first-order valence-corrected chi connectivity index (χ1v) is 5.37. The zero-order chi connectivity index (χ0) is 12.1. The molecule has 0 aliphatic heterocycles. The van der Waals surface area contributed by atoms with Crippen LogP contribution in [0, 0.1) is 5.92 Å². The molecule has 7 heteroatoms. The molecule has 0 bridgehead atoms. The van der Waals surface area contributed by atoms with Gasteiger partial charge in [0.05, 0.1) is 12.2 Å². The molecule has 1 N–H and O–H groups in total. The molecule has 0 unspecified atom stereocenters. The zero-order valence-electron chi connectivity index (χ0n) is 8.83. The minimum atomic E-state index is -0.498. The van der Waals surface area contributed by atoms with Crippen LogP contribution >= 0.6 is 23.2 Å². The van der Waals surface area contributed by atoms with Gasteiger partial charge in [0.2, 0.25) is 0 Å². The van der Waals surface area contributed by atoms with Crippen LogP contribution in [0.5, 0.6) is 0 Å². The Morgan fingerprint density at radius 3 is 2.81 bits per heavy atom. The molecule has 0 spiro atoms. The fraction of sp³-hybridized carbons (Fsp3) is 0.444. The van der Waals surface area contributed by atoms with Crippen LogP contribution in [0.1, 0.15) is 24.2 Å². The highest BCUT2D eigenvalue weighted by molar-refractivity contribution is 6.34. The first kappa shape index (κ1) is 13.2. The van der Waals surface area contributed by atoms with Gasteiger partial charge in [-0.05, 0) is 12.0 Å². The molecular formula is C9H11Cl2N3O2. The Kier molecular flexibility index (Phi) is 4.92. The van der Waals surface area contributed by atoms with E-state index >= 15 is 0 Å². The third-order valence-electron chi connectivity index (χ3n) is 1.55. The summed E-state index contributed by atoms with van der Waals surface area (Å²) in [7, 11) is 0. The fourth-order valence-corrected chi connectivity index (χ4v) is 1.17. The van der Waals surface area contributed by atoms with E-state index in [1.165, 1.54) is 6.07 Å². The smallest absolute Gasteiger partial charge is 0.273 e. The van der Waals surface area contributed by atoms with Gasteiger partial charge < -0.3 is 0 Å². The number of carbonyl (C=O) groups excluding carboxylic acids is 1. The molecule has 16 heavy (non-hydrogen) atoms. The summed E-state index contributed by atoms with van der Waals surface area (Å²) >= 11 is 11.3. The average molecular weight is 264 g/mol. The number of hydrogen-bond acceptors (Lipinski definition) is 4. The lowest BCUT2D eigenvalue weighted by molar-refractivity contribution is 0.0208. The number of rotatable bonds is 4. The molecule has 0 atom stereocenters. The Labute approximate surface area is 103 Å². The van der Waals surface area contributed by atoms with E-state index in [-0.39, 0.29) is 15.9 Å². The van der Waals surface area contributed by atoms with Crippen molar-refractivity contribution in [1.82, 2.24) is 15.7 Å². The standard InChI is InChI=1S/C9H11Cl2N3O2/c1-5(2)4-16-14-9(15)6-3-7(10)12-13-8(6)11/h3,5H,4H2,1-2H3,(H,14,15). The van der Waals surface area contributed by atoms with Crippen LogP contribution in [0.3, 0.4) is 0 Å². The summed E-state index contributed by atoms with van der Waals surface area (Å²) < 4.78 is 0. The second-order valence-electron chi connectivity index (χ2n) is 3.51. The molecule has 0 fully saturated rings.